The fourth-order valence-corrected chi connectivity index (χ4v) is 9.77. The topological polar surface area (TPSA) is 249 Å². The second kappa shape index (κ2) is 30.1. The van der Waals surface area contributed by atoms with Crippen LogP contribution in [0.2, 0.25) is 0 Å². The zero-order valence-electron chi connectivity index (χ0n) is 45.4. The normalized spacial score (nSPS) is 17.2. The average molecular weight is 1280 g/mol. The van der Waals surface area contributed by atoms with Crippen LogP contribution in [0.3, 0.4) is 0 Å². The van der Waals surface area contributed by atoms with Crippen LogP contribution >= 0.6 is 47.8 Å². The van der Waals surface area contributed by atoms with Gasteiger partial charge in [-0.25, -0.2) is 19.2 Å². The summed E-state index contributed by atoms with van der Waals surface area (Å²) in [6.45, 7) is 10.5. The molecule has 2 fully saturated rings. The van der Waals surface area contributed by atoms with Crippen molar-refractivity contribution in [1.29, 1.82) is 0 Å². The summed E-state index contributed by atoms with van der Waals surface area (Å²) in [4.78, 5) is 124. The molecule has 0 saturated carbocycles. The van der Waals surface area contributed by atoms with Crippen LogP contribution in [0.5, 0.6) is 0 Å². The molecule has 424 valence electrons. The van der Waals surface area contributed by atoms with Crippen LogP contribution in [-0.4, -0.2) is 147 Å². The van der Waals surface area contributed by atoms with Crippen molar-refractivity contribution in [2.75, 3.05) is 49.9 Å². The summed E-state index contributed by atoms with van der Waals surface area (Å²) >= 11 is 9.48. The predicted molar refractivity (Wildman–Crippen MR) is 308 cm³/mol. The Morgan fingerprint density at radius 2 is 0.797 bits per heavy atom. The number of methoxy groups -OCH3 is 2. The molecule has 0 unspecified atom stereocenters. The van der Waals surface area contributed by atoms with Gasteiger partial charge >= 0.3 is 24.1 Å². The van der Waals surface area contributed by atoms with Gasteiger partial charge in [-0.1, -0.05) is 173 Å². The first-order valence-corrected chi connectivity index (χ1v) is 28.7. The van der Waals surface area contributed by atoms with E-state index in [-0.39, 0.29) is 46.2 Å². The van der Waals surface area contributed by atoms with Crippen LogP contribution < -0.4 is 10.6 Å². The number of alkyl halides is 3. The SMILES string of the molecule is COC(=O)N[C@H](C(=O)N1CCC[C@@]1(C)C(=O)O)C(C)C.COC(=O)N[C@H](C(=O)N1CCC[C@@]1(C)C(=O)OCC(=O)c1ccc(-c2ccc(C(=O)CBr)cc2)cc1)C(C)C.O=C(CBr)c1ccc(-c2ccc(C(=O)CBr)cc2)cc1. The van der Waals surface area contributed by atoms with E-state index in [9.17, 15) is 53.1 Å². The summed E-state index contributed by atoms with van der Waals surface area (Å²) in [7, 11) is 2.43. The zero-order chi connectivity index (χ0) is 58.8. The van der Waals surface area contributed by atoms with Crippen molar-refractivity contribution < 1.29 is 67.3 Å². The standard InChI is InChI=1S/C29H33BrN2O7.C16H12Br2O2.C13H22N2O5/c1-18(2)25(31-28(37)38-4)26(35)32-15-5-14-29(32,3)27(36)39-17-24(34)22-12-8-20(9-13-22)19-6-10-21(11-7-19)23(33)16-30;17-9-15(19)13-5-1-11(2-6-13)12-3-7-14(8-4-12)16(20)10-18;1-8(2)9(14-12(19)20-4)10(16)15-7-5-6-13(15,3)11(17)18/h6-13,18,25H,5,14-17H2,1-4H3,(H,31,37);1-8H,9-10H2;8-9H,5-7H2,1-4H3,(H,14,19)(H,17,18)/t25-,29-;;9-,13-/m0.0/s1. The van der Waals surface area contributed by atoms with Gasteiger partial charge in [0.2, 0.25) is 11.8 Å². The number of ether oxygens (including phenoxy) is 3. The number of likely N-dealkylation sites (tertiary alicyclic amines) is 2. The molecule has 4 aromatic carbocycles. The summed E-state index contributed by atoms with van der Waals surface area (Å²) in [6, 6.07) is 27.3. The van der Waals surface area contributed by atoms with E-state index in [1.54, 1.807) is 71.0 Å². The molecule has 0 bridgehead atoms. The third-order valence-corrected chi connectivity index (χ3v) is 15.2. The van der Waals surface area contributed by atoms with Crippen LogP contribution in [0.4, 0.5) is 9.59 Å². The number of benzene rings is 4. The molecule has 0 aromatic heterocycles. The first-order chi connectivity index (χ1) is 37.4. The molecule has 0 spiro atoms. The number of hydrogen-bond donors (Lipinski definition) is 3. The fourth-order valence-electron chi connectivity index (χ4n) is 8.80. The monoisotopic (exact) mass is 1280 g/mol. The van der Waals surface area contributed by atoms with Gasteiger partial charge in [-0.15, -0.1) is 0 Å². The van der Waals surface area contributed by atoms with E-state index in [0.29, 0.717) is 71.7 Å². The number of esters is 1. The molecule has 6 rings (SSSR count). The molecular weight excluding hydrogens is 1220 g/mol. The van der Waals surface area contributed by atoms with E-state index in [1.165, 1.54) is 30.9 Å². The number of carboxylic acid groups (broad SMARTS) is 1. The number of carbonyl (C=O) groups is 10. The second-order valence-electron chi connectivity index (χ2n) is 19.7. The molecule has 4 aromatic rings. The van der Waals surface area contributed by atoms with Crippen molar-refractivity contribution in [2.24, 2.45) is 11.8 Å². The highest BCUT2D eigenvalue weighted by Gasteiger charge is 2.50. The van der Waals surface area contributed by atoms with E-state index in [2.05, 4.69) is 67.9 Å². The number of nitrogens with zero attached hydrogens (tertiary/aromatic N) is 2. The van der Waals surface area contributed by atoms with Crippen LogP contribution in [0.25, 0.3) is 22.3 Å². The Balaban J connectivity index is 0.000000282. The number of carbonyl (C=O) groups excluding carboxylic acids is 9. The van der Waals surface area contributed by atoms with Gasteiger partial charge in [0.1, 0.15) is 23.2 Å². The third-order valence-electron chi connectivity index (χ3n) is 13.7. The number of halogens is 3. The fraction of sp³-hybridized carbons (Fsp3) is 0.414. The number of nitrogens with one attached hydrogen (secondary N) is 2. The minimum absolute atomic E-state index is 0.00593. The number of ketones is 4. The van der Waals surface area contributed by atoms with E-state index < -0.39 is 59.8 Å². The lowest BCUT2D eigenvalue weighted by Gasteiger charge is -2.36. The Hall–Kier alpha value is -6.58. The molecule has 79 heavy (non-hydrogen) atoms. The lowest BCUT2D eigenvalue weighted by molar-refractivity contribution is -0.160. The molecule has 4 atom stereocenters. The van der Waals surface area contributed by atoms with E-state index in [1.807, 2.05) is 60.7 Å². The van der Waals surface area contributed by atoms with Gasteiger partial charge in [0.05, 0.1) is 30.2 Å². The van der Waals surface area contributed by atoms with Crippen LogP contribution in [0.1, 0.15) is 109 Å². The number of rotatable bonds is 19. The summed E-state index contributed by atoms with van der Waals surface area (Å²) in [5, 5.41) is 15.3. The summed E-state index contributed by atoms with van der Waals surface area (Å²) in [5.41, 5.74) is 3.72. The Labute approximate surface area is 485 Å². The summed E-state index contributed by atoms with van der Waals surface area (Å²) in [6.07, 6.45) is 0.580. The van der Waals surface area contributed by atoms with Crippen molar-refractivity contribution in [3.05, 3.63) is 119 Å². The summed E-state index contributed by atoms with van der Waals surface area (Å²) in [5.74, 6) is -3.14. The van der Waals surface area contributed by atoms with Gasteiger partial charge in [0, 0.05) is 35.3 Å². The molecule has 2 aliphatic heterocycles. The molecular formula is C58H67Br3N4O14. The Bertz CT molecular complexity index is 2770. The Morgan fingerprint density at radius 1 is 0.506 bits per heavy atom. The molecule has 2 saturated heterocycles. The van der Waals surface area contributed by atoms with Crippen molar-refractivity contribution in [3.8, 4) is 22.3 Å². The number of alkyl carbamates (subject to hydrolysis) is 2. The maximum Gasteiger partial charge on any atom is 0.407 e. The molecule has 4 amide bonds. The Morgan fingerprint density at radius 3 is 1.08 bits per heavy atom. The maximum atomic E-state index is 13.3. The van der Waals surface area contributed by atoms with Crippen LogP contribution in [0, 0.1) is 11.8 Å². The lowest BCUT2D eigenvalue weighted by atomic mass is 9.96. The lowest BCUT2D eigenvalue weighted by Crippen LogP contribution is -2.58. The number of carboxylic acids is 1. The minimum atomic E-state index is -1.26. The second-order valence-corrected chi connectivity index (χ2v) is 21.4. The molecule has 2 heterocycles. The number of amides is 4. The Kier molecular flexibility index (Phi) is 24.8. The number of hydrogen-bond acceptors (Lipinski definition) is 13. The highest BCUT2D eigenvalue weighted by Crippen LogP contribution is 2.33. The van der Waals surface area contributed by atoms with Gasteiger partial charge < -0.3 is 39.8 Å². The van der Waals surface area contributed by atoms with Gasteiger partial charge in [-0.3, -0.25) is 28.8 Å². The van der Waals surface area contributed by atoms with Gasteiger partial charge in [-0.2, -0.15) is 0 Å². The molecule has 0 aliphatic carbocycles. The van der Waals surface area contributed by atoms with Crippen molar-refractivity contribution >= 4 is 107 Å². The first kappa shape index (κ1) is 64.9. The average Bonchev–Trinajstić information content (AvgIpc) is 4.13. The van der Waals surface area contributed by atoms with E-state index in [4.69, 9.17) is 4.74 Å². The minimum Gasteiger partial charge on any atom is -0.480 e. The van der Waals surface area contributed by atoms with Gasteiger partial charge in [0.25, 0.3) is 0 Å². The van der Waals surface area contributed by atoms with Gasteiger partial charge in [-0.05, 0) is 73.6 Å². The largest absolute Gasteiger partial charge is 0.480 e. The summed E-state index contributed by atoms with van der Waals surface area (Å²) < 4.78 is 14.5. The molecule has 3 N–H and O–H groups in total. The molecule has 0 radical (unpaired) electrons. The molecule has 21 heteroatoms. The number of Topliss-reactive ketones (excluding diaryl/α,β-unsaturated/α-hetero) is 4. The number of aliphatic carboxylic acids is 1. The zero-order valence-corrected chi connectivity index (χ0v) is 50.2. The van der Waals surface area contributed by atoms with Crippen molar-refractivity contribution in [2.45, 2.75) is 90.4 Å². The predicted octanol–water partition coefficient (Wildman–Crippen LogP) is 9.76. The highest BCUT2D eigenvalue weighted by atomic mass is 79.9. The van der Waals surface area contributed by atoms with Crippen LogP contribution in [-0.2, 0) is 33.4 Å². The quantitative estimate of drug-likeness (QED) is 0.0342. The molecule has 18 nitrogen and oxygen atoms in total. The van der Waals surface area contributed by atoms with E-state index >= 15 is 0 Å². The van der Waals surface area contributed by atoms with Gasteiger partial charge in [0.15, 0.2) is 29.7 Å². The molecule has 2 aliphatic rings. The third kappa shape index (κ3) is 17.0. The van der Waals surface area contributed by atoms with E-state index in [0.717, 1.165) is 22.3 Å². The highest BCUT2D eigenvalue weighted by molar-refractivity contribution is 9.09. The maximum absolute atomic E-state index is 13.3. The van der Waals surface area contributed by atoms with Crippen LogP contribution in [0.15, 0.2) is 97.1 Å². The smallest absolute Gasteiger partial charge is 0.407 e. The van der Waals surface area contributed by atoms with Crippen molar-refractivity contribution in [3.63, 3.8) is 0 Å². The first-order valence-electron chi connectivity index (χ1n) is 25.3. The van der Waals surface area contributed by atoms with Crippen molar-refractivity contribution in [1.82, 2.24) is 20.4 Å².